The highest BCUT2D eigenvalue weighted by Gasteiger charge is 2.60. The van der Waals surface area contributed by atoms with Crippen molar-refractivity contribution < 1.29 is 9.59 Å². The third-order valence-electron chi connectivity index (χ3n) is 7.83. The lowest BCUT2D eigenvalue weighted by atomic mass is 9.64. The van der Waals surface area contributed by atoms with Crippen LogP contribution in [0, 0.1) is 5.41 Å². The number of hydrogen-bond acceptors (Lipinski definition) is 3. The van der Waals surface area contributed by atoms with Gasteiger partial charge < -0.3 is 15.1 Å². The number of rotatable bonds is 4. The second-order valence-corrected chi connectivity index (χ2v) is 9.46. The number of carbonyl (C=O) groups excluding carboxylic acids is 2. The molecule has 1 aromatic carbocycles. The number of benzene rings is 1. The van der Waals surface area contributed by atoms with Gasteiger partial charge in [0.2, 0.25) is 11.8 Å². The normalized spacial score (nSPS) is 36.8. The van der Waals surface area contributed by atoms with Crippen molar-refractivity contribution in [2.24, 2.45) is 5.41 Å². The maximum Gasteiger partial charge on any atom is 0.242 e. The summed E-state index contributed by atoms with van der Waals surface area (Å²) in [5, 5.41) is 3.91. The Hall–Kier alpha value is -1.88. The van der Waals surface area contributed by atoms with Crippen LogP contribution in [0.4, 0.5) is 0 Å². The van der Waals surface area contributed by atoms with E-state index in [0.717, 1.165) is 32.2 Å². The van der Waals surface area contributed by atoms with E-state index in [1.54, 1.807) is 4.90 Å². The van der Waals surface area contributed by atoms with Crippen LogP contribution >= 0.6 is 0 Å². The summed E-state index contributed by atoms with van der Waals surface area (Å²) in [7, 11) is 0. The summed E-state index contributed by atoms with van der Waals surface area (Å²) >= 11 is 0. The zero-order chi connectivity index (χ0) is 19.3. The summed E-state index contributed by atoms with van der Waals surface area (Å²) in [6, 6.07) is 11.9. The van der Waals surface area contributed by atoms with E-state index >= 15 is 0 Å². The van der Waals surface area contributed by atoms with Crippen LogP contribution < -0.4 is 5.32 Å². The molecule has 5 nitrogen and oxygen atoms in total. The van der Waals surface area contributed by atoms with Crippen molar-refractivity contribution in [3.63, 3.8) is 0 Å². The predicted molar refractivity (Wildman–Crippen MR) is 108 cm³/mol. The minimum Gasteiger partial charge on any atom is -0.333 e. The van der Waals surface area contributed by atoms with Crippen LogP contribution in [-0.2, 0) is 16.0 Å². The Kier molecular flexibility index (Phi) is 4.46. The largest absolute Gasteiger partial charge is 0.333 e. The lowest BCUT2D eigenvalue weighted by molar-refractivity contribution is -0.148. The molecular weight excluding hydrogens is 350 g/mol. The quantitative estimate of drug-likeness (QED) is 0.871. The van der Waals surface area contributed by atoms with E-state index in [0.29, 0.717) is 18.5 Å². The number of nitrogens with zero attached hydrogens (tertiary/aromatic N) is 2. The van der Waals surface area contributed by atoms with Crippen molar-refractivity contribution in [3.05, 3.63) is 35.9 Å². The van der Waals surface area contributed by atoms with Crippen molar-refractivity contribution in [1.29, 1.82) is 0 Å². The molecule has 5 heteroatoms. The Balaban J connectivity index is 1.46. The molecule has 0 aromatic heterocycles. The maximum absolute atomic E-state index is 13.6. The maximum atomic E-state index is 13.6. The molecule has 150 valence electrons. The predicted octanol–water partition coefficient (Wildman–Crippen LogP) is 2.35. The standard InChI is InChI=1S/C23H31N3O2/c1-23-14-17-18(13-16-7-3-2-4-8-16)26(20(23)10-5-9-19(23)24-17)22(28)15-25-12-6-11-21(25)27/h2-4,7-8,17-20,24H,5-6,9-15H2,1H3/t17-,18-,19-,20+,23-/m0/s1. The number of fused-ring (bicyclic) bond motifs is 1. The van der Waals surface area contributed by atoms with E-state index < -0.39 is 0 Å². The summed E-state index contributed by atoms with van der Waals surface area (Å²) in [6.45, 7) is 3.37. The van der Waals surface area contributed by atoms with Crippen molar-refractivity contribution in [3.8, 4) is 0 Å². The molecule has 3 heterocycles. The molecule has 5 atom stereocenters. The van der Waals surface area contributed by atoms with Gasteiger partial charge >= 0.3 is 0 Å². The smallest absolute Gasteiger partial charge is 0.242 e. The Morgan fingerprint density at radius 2 is 2.04 bits per heavy atom. The van der Waals surface area contributed by atoms with E-state index in [2.05, 4.69) is 41.4 Å². The van der Waals surface area contributed by atoms with Gasteiger partial charge in [0.05, 0.1) is 12.6 Å². The first-order valence-corrected chi connectivity index (χ1v) is 11.0. The average molecular weight is 382 g/mol. The molecule has 0 unspecified atom stereocenters. The van der Waals surface area contributed by atoms with Crippen molar-refractivity contribution in [2.75, 3.05) is 13.1 Å². The molecule has 0 spiro atoms. The minimum atomic E-state index is 0.138. The van der Waals surface area contributed by atoms with Crippen LogP contribution in [0.2, 0.25) is 0 Å². The molecule has 4 fully saturated rings. The lowest BCUT2D eigenvalue weighted by Crippen LogP contribution is -2.64. The zero-order valence-corrected chi connectivity index (χ0v) is 16.8. The number of likely N-dealkylation sites (tertiary alicyclic amines) is 2. The zero-order valence-electron chi connectivity index (χ0n) is 16.8. The second-order valence-electron chi connectivity index (χ2n) is 9.46. The number of amides is 2. The van der Waals surface area contributed by atoms with Gasteiger partial charge in [0.1, 0.15) is 0 Å². The number of hydrogen-bond donors (Lipinski definition) is 1. The monoisotopic (exact) mass is 381 g/mol. The van der Waals surface area contributed by atoms with Crippen molar-refractivity contribution in [1.82, 2.24) is 15.1 Å². The molecule has 2 amide bonds. The fourth-order valence-corrected chi connectivity index (χ4v) is 6.45. The van der Waals surface area contributed by atoms with Gasteiger partial charge in [-0.15, -0.1) is 0 Å². The van der Waals surface area contributed by atoms with E-state index in [4.69, 9.17) is 0 Å². The summed E-state index contributed by atoms with van der Waals surface area (Å²) in [4.78, 5) is 29.7. The van der Waals surface area contributed by atoms with E-state index in [9.17, 15) is 9.59 Å². The molecule has 3 aliphatic heterocycles. The third-order valence-corrected chi connectivity index (χ3v) is 7.83. The molecular formula is C23H31N3O2. The fraction of sp³-hybridized carbons (Fsp3) is 0.652. The number of carbonyl (C=O) groups is 2. The first kappa shape index (κ1) is 18.2. The van der Waals surface area contributed by atoms with Gasteiger partial charge in [0, 0.05) is 36.5 Å². The summed E-state index contributed by atoms with van der Waals surface area (Å²) in [5.74, 6) is 0.292. The minimum absolute atomic E-state index is 0.138. The molecule has 1 aromatic rings. The van der Waals surface area contributed by atoms with Crippen LogP contribution in [0.3, 0.4) is 0 Å². The average Bonchev–Trinajstić information content (AvgIpc) is 3.24. The molecule has 3 saturated heterocycles. The van der Waals surface area contributed by atoms with Gasteiger partial charge in [-0.2, -0.15) is 0 Å². The highest BCUT2D eigenvalue weighted by molar-refractivity contribution is 5.86. The Bertz CT molecular complexity index is 766. The first-order valence-electron chi connectivity index (χ1n) is 11.0. The lowest BCUT2D eigenvalue weighted by Gasteiger charge is -2.53. The van der Waals surface area contributed by atoms with Gasteiger partial charge in [0.15, 0.2) is 0 Å². The van der Waals surface area contributed by atoms with E-state index in [1.807, 2.05) is 6.07 Å². The van der Waals surface area contributed by atoms with Gasteiger partial charge in [0.25, 0.3) is 0 Å². The van der Waals surface area contributed by atoms with Crippen LogP contribution in [0.1, 0.15) is 51.0 Å². The molecule has 1 N–H and O–H groups in total. The van der Waals surface area contributed by atoms with Crippen LogP contribution in [0.5, 0.6) is 0 Å². The van der Waals surface area contributed by atoms with Gasteiger partial charge in [-0.1, -0.05) is 37.3 Å². The summed E-state index contributed by atoms with van der Waals surface area (Å²) in [5.41, 5.74) is 1.45. The molecule has 0 radical (unpaired) electrons. The molecule has 2 bridgehead atoms. The summed E-state index contributed by atoms with van der Waals surface area (Å²) in [6.07, 6.45) is 7.00. The van der Waals surface area contributed by atoms with Crippen LogP contribution in [0.15, 0.2) is 30.3 Å². The van der Waals surface area contributed by atoms with Crippen LogP contribution in [0.25, 0.3) is 0 Å². The third kappa shape index (κ3) is 2.86. The Morgan fingerprint density at radius 1 is 1.21 bits per heavy atom. The molecule has 1 aliphatic carbocycles. The molecule has 4 aliphatic rings. The first-order chi connectivity index (χ1) is 13.6. The van der Waals surface area contributed by atoms with Gasteiger partial charge in [-0.05, 0) is 44.1 Å². The highest BCUT2D eigenvalue weighted by Crippen LogP contribution is 2.52. The molecule has 28 heavy (non-hydrogen) atoms. The van der Waals surface area contributed by atoms with Crippen LogP contribution in [-0.4, -0.2) is 58.9 Å². The highest BCUT2D eigenvalue weighted by atomic mass is 16.2. The van der Waals surface area contributed by atoms with Gasteiger partial charge in [-0.25, -0.2) is 0 Å². The molecule has 5 rings (SSSR count). The number of nitrogens with one attached hydrogen (secondary N) is 1. The number of piperidine rings is 1. The Labute approximate surface area is 167 Å². The Morgan fingerprint density at radius 3 is 2.79 bits per heavy atom. The summed E-state index contributed by atoms with van der Waals surface area (Å²) < 4.78 is 0. The van der Waals surface area contributed by atoms with Gasteiger partial charge in [-0.3, -0.25) is 9.59 Å². The fourth-order valence-electron chi connectivity index (χ4n) is 6.45. The SMILES string of the molecule is C[C@]12C[C@@H]3N[C@H]1CCC[C@H]2N(C(=O)CN1CCCC1=O)[C@H]3Cc1ccccc1. The second kappa shape index (κ2) is 6.87. The van der Waals surface area contributed by atoms with E-state index in [-0.39, 0.29) is 35.9 Å². The van der Waals surface area contributed by atoms with Crippen molar-refractivity contribution in [2.45, 2.75) is 76.0 Å². The van der Waals surface area contributed by atoms with E-state index in [1.165, 1.54) is 18.4 Å². The molecule has 1 saturated carbocycles. The van der Waals surface area contributed by atoms with Crippen molar-refractivity contribution >= 4 is 11.8 Å². The topological polar surface area (TPSA) is 52.7 Å².